The van der Waals surface area contributed by atoms with E-state index in [1.807, 2.05) is 0 Å². The lowest BCUT2D eigenvalue weighted by Gasteiger charge is -2.08. The zero-order chi connectivity index (χ0) is 13.2. The lowest BCUT2D eigenvalue weighted by atomic mass is 10.2. The molecule has 0 saturated heterocycles. The van der Waals surface area contributed by atoms with Crippen LogP contribution in [0.2, 0.25) is 0 Å². The summed E-state index contributed by atoms with van der Waals surface area (Å²) in [5, 5.41) is 11.4. The van der Waals surface area contributed by atoms with Gasteiger partial charge in [0.05, 0.1) is 6.61 Å². The Morgan fingerprint density at radius 1 is 1.59 bits per heavy atom. The van der Waals surface area contributed by atoms with Crippen LogP contribution in [0.15, 0.2) is 10.9 Å². The van der Waals surface area contributed by atoms with Crippen molar-refractivity contribution in [1.82, 2.24) is 9.94 Å². The van der Waals surface area contributed by atoms with Gasteiger partial charge in [0.25, 0.3) is 0 Å². The summed E-state index contributed by atoms with van der Waals surface area (Å²) in [4.78, 5) is 21.8. The van der Waals surface area contributed by atoms with Crippen LogP contribution in [-0.4, -0.2) is 27.7 Å². The SMILES string of the molecule is CCOC(=O)c1cc(C(F)(F)F)nn(O)c1=O. The van der Waals surface area contributed by atoms with Crippen molar-refractivity contribution in [3.05, 3.63) is 27.7 Å². The van der Waals surface area contributed by atoms with E-state index in [2.05, 4.69) is 9.84 Å². The van der Waals surface area contributed by atoms with Gasteiger partial charge in [0.2, 0.25) is 0 Å². The minimum atomic E-state index is -4.89. The number of esters is 1. The molecule has 0 bridgehead atoms. The molecule has 0 radical (unpaired) electrons. The molecule has 0 fully saturated rings. The molecule has 0 saturated carbocycles. The Morgan fingerprint density at radius 3 is 2.65 bits per heavy atom. The topological polar surface area (TPSA) is 81.4 Å². The largest absolute Gasteiger partial charge is 0.462 e. The molecular formula is C8H7F3N2O4. The van der Waals surface area contributed by atoms with Crippen LogP contribution in [0.25, 0.3) is 0 Å². The molecule has 0 aromatic carbocycles. The van der Waals surface area contributed by atoms with Crippen molar-refractivity contribution in [2.24, 2.45) is 0 Å². The van der Waals surface area contributed by atoms with Gasteiger partial charge in [-0.2, -0.15) is 13.2 Å². The maximum Gasteiger partial charge on any atom is 0.435 e. The lowest BCUT2D eigenvalue weighted by Crippen LogP contribution is -2.30. The molecule has 0 aliphatic heterocycles. The average molecular weight is 252 g/mol. The first-order valence-corrected chi connectivity index (χ1v) is 4.35. The molecule has 0 aliphatic rings. The van der Waals surface area contributed by atoms with Crippen LogP contribution in [0.3, 0.4) is 0 Å². The van der Waals surface area contributed by atoms with Crippen LogP contribution < -0.4 is 5.56 Å². The quantitative estimate of drug-likeness (QED) is 0.618. The second kappa shape index (κ2) is 4.44. The highest BCUT2D eigenvalue weighted by atomic mass is 19.4. The summed E-state index contributed by atoms with van der Waals surface area (Å²) in [5.74, 6) is -1.26. The fourth-order valence-corrected chi connectivity index (χ4v) is 0.976. The van der Waals surface area contributed by atoms with Gasteiger partial charge in [-0.05, 0) is 13.0 Å². The highest BCUT2D eigenvalue weighted by molar-refractivity contribution is 5.89. The average Bonchev–Trinajstić information content (AvgIpc) is 2.20. The molecule has 6 nitrogen and oxygen atoms in total. The normalized spacial score (nSPS) is 11.3. The predicted octanol–water partition coefficient (Wildman–Crippen LogP) is 0.676. The second-order valence-electron chi connectivity index (χ2n) is 2.86. The maximum atomic E-state index is 12.3. The Kier molecular flexibility index (Phi) is 3.39. The number of hydrogen-bond donors (Lipinski definition) is 1. The highest BCUT2D eigenvalue weighted by Gasteiger charge is 2.35. The summed E-state index contributed by atoms with van der Waals surface area (Å²) in [5.41, 5.74) is -3.88. The van der Waals surface area contributed by atoms with E-state index in [1.54, 1.807) is 0 Å². The fourth-order valence-electron chi connectivity index (χ4n) is 0.976. The molecule has 0 atom stereocenters. The predicted molar refractivity (Wildman–Crippen MR) is 46.6 cm³/mol. The molecule has 0 unspecified atom stereocenters. The second-order valence-corrected chi connectivity index (χ2v) is 2.86. The van der Waals surface area contributed by atoms with Crippen LogP contribution in [0, 0.1) is 0 Å². The third-order valence-electron chi connectivity index (χ3n) is 1.68. The zero-order valence-corrected chi connectivity index (χ0v) is 8.48. The molecule has 0 amide bonds. The Bertz CT molecular complexity index is 495. The summed E-state index contributed by atoms with van der Waals surface area (Å²) < 4.78 is 41.2. The minimum Gasteiger partial charge on any atom is -0.462 e. The number of rotatable bonds is 2. The van der Waals surface area contributed by atoms with Gasteiger partial charge in [0.1, 0.15) is 5.56 Å². The van der Waals surface area contributed by atoms with Crippen LogP contribution in [0.4, 0.5) is 13.2 Å². The van der Waals surface area contributed by atoms with E-state index in [-0.39, 0.29) is 12.7 Å². The van der Waals surface area contributed by atoms with Crippen molar-refractivity contribution in [1.29, 1.82) is 0 Å². The number of carbonyl (C=O) groups excluding carboxylic acids is 1. The third kappa shape index (κ3) is 2.74. The molecular weight excluding hydrogens is 245 g/mol. The van der Waals surface area contributed by atoms with Crippen LogP contribution in [-0.2, 0) is 10.9 Å². The first-order valence-electron chi connectivity index (χ1n) is 4.35. The van der Waals surface area contributed by atoms with Crippen LogP contribution in [0.1, 0.15) is 23.0 Å². The van der Waals surface area contributed by atoms with E-state index in [9.17, 15) is 22.8 Å². The van der Waals surface area contributed by atoms with Crippen LogP contribution >= 0.6 is 0 Å². The Morgan fingerprint density at radius 2 is 2.18 bits per heavy atom. The number of alkyl halides is 3. The summed E-state index contributed by atoms with van der Waals surface area (Å²) >= 11 is 0. The Balaban J connectivity index is 3.36. The molecule has 94 valence electrons. The first-order chi connectivity index (χ1) is 7.77. The van der Waals surface area contributed by atoms with E-state index in [1.165, 1.54) is 6.92 Å². The van der Waals surface area contributed by atoms with Crippen molar-refractivity contribution in [2.45, 2.75) is 13.1 Å². The summed E-state index contributed by atoms with van der Waals surface area (Å²) in [6.45, 7) is 1.30. The lowest BCUT2D eigenvalue weighted by molar-refractivity contribution is -0.144. The van der Waals surface area contributed by atoms with Crippen molar-refractivity contribution in [2.75, 3.05) is 6.61 Å². The van der Waals surface area contributed by atoms with E-state index >= 15 is 0 Å². The van der Waals surface area contributed by atoms with Gasteiger partial charge in [-0.15, -0.1) is 5.10 Å². The fraction of sp³-hybridized carbons (Fsp3) is 0.375. The number of aromatic nitrogens is 2. The molecule has 1 N–H and O–H groups in total. The molecule has 0 aliphatic carbocycles. The van der Waals surface area contributed by atoms with Crippen molar-refractivity contribution < 1.29 is 27.9 Å². The standard InChI is InChI=1S/C8H7F3N2O4/c1-2-17-7(15)4-3-5(8(9,10)11)12-13(16)6(4)14/h3,16H,2H2,1H3. The molecule has 0 spiro atoms. The van der Waals surface area contributed by atoms with Crippen LogP contribution in [0.5, 0.6) is 0 Å². The van der Waals surface area contributed by atoms with Gasteiger partial charge in [0, 0.05) is 0 Å². The van der Waals surface area contributed by atoms with Crippen molar-refractivity contribution in [3.63, 3.8) is 0 Å². The Labute approximate surface area is 92.2 Å². The maximum absolute atomic E-state index is 12.3. The smallest absolute Gasteiger partial charge is 0.435 e. The van der Waals surface area contributed by atoms with Crippen molar-refractivity contribution >= 4 is 5.97 Å². The Hall–Kier alpha value is -2.06. The van der Waals surface area contributed by atoms with Gasteiger partial charge < -0.3 is 9.94 Å². The van der Waals surface area contributed by atoms with Gasteiger partial charge in [-0.3, -0.25) is 4.79 Å². The zero-order valence-electron chi connectivity index (χ0n) is 8.48. The van der Waals surface area contributed by atoms with Gasteiger partial charge >= 0.3 is 17.7 Å². The monoisotopic (exact) mass is 252 g/mol. The number of ether oxygens (including phenoxy) is 1. The molecule has 1 rings (SSSR count). The molecule has 1 heterocycles. The van der Waals surface area contributed by atoms with Crippen molar-refractivity contribution in [3.8, 4) is 0 Å². The van der Waals surface area contributed by atoms with E-state index in [0.717, 1.165) is 0 Å². The molecule has 1 aromatic heterocycles. The third-order valence-corrected chi connectivity index (χ3v) is 1.68. The minimum absolute atomic E-state index is 0.118. The van der Waals surface area contributed by atoms with Gasteiger partial charge in [-0.25, -0.2) is 4.79 Å². The highest BCUT2D eigenvalue weighted by Crippen LogP contribution is 2.27. The number of hydrogen-bond acceptors (Lipinski definition) is 5. The number of carbonyl (C=O) groups is 1. The molecule has 17 heavy (non-hydrogen) atoms. The molecule has 1 aromatic rings. The first kappa shape index (κ1) is 13.0. The van der Waals surface area contributed by atoms with E-state index in [4.69, 9.17) is 5.21 Å². The van der Waals surface area contributed by atoms with E-state index < -0.39 is 33.8 Å². The summed E-state index contributed by atoms with van der Waals surface area (Å²) in [6, 6.07) is 0.229. The molecule has 9 heteroatoms. The summed E-state index contributed by atoms with van der Waals surface area (Å²) in [7, 11) is 0. The van der Waals surface area contributed by atoms with E-state index in [0.29, 0.717) is 0 Å². The number of halogens is 3. The van der Waals surface area contributed by atoms with Gasteiger partial charge in [-0.1, -0.05) is 4.85 Å². The number of nitrogens with zero attached hydrogens (tertiary/aromatic N) is 2. The summed E-state index contributed by atoms with van der Waals surface area (Å²) in [6.07, 6.45) is -4.89. The van der Waals surface area contributed by atoms with Gasteiger partial charge in [0.15, 0.2) is 5.69 Å².